The molecule has 202 valence electrons. The second kappa shape index (κ2) is 11.4. The number of unbranched alkanes of at least 4 members (excludes halogenated alkanes) is 3. The molecule has 0 bridgehead atoms. The third-order valence-electron chi connectivity index (χ3n) is 7.60. The first-order valence-corrected chi connectivity index (χ1v) is 13.9. The van der Waals surface area contributed by atoms with Gasteiger partial charge in [0.1, 0.15) is 11.5 Å². The van der Waals surface area contributed by atoms with Crippen LogP contribution in [0.5, 0.6) is 11.5 Å². The van der Waals surface area contributed by atoms with Crippen molar-refractivity contribution in [3.05, 3.63) is 84.9 Å². The molecule has 0 aliphatic rings. The van der Waals surface area contributed by atoms with Crippen LogP contribution < -0.4 is 20.1 Å². The van der Waals surface area contributed by atoms with E-state index in [1.165, 1.54) is 0 Å². The number of rotatable bonds is 10. The summed E-state index contributed by atoms with van der Waals surface area (Å²) in [7, 11) is 3.39. The lowest BCUT2D eigenvalue weighted by Gasteiger charge is -2.30. The number of pyridine rings is 2. The Balaban J connectivity index is 1.68. The smallest absolute Gasteiger partial charge is 0.121 e. The van der Waals surface area contributed by atoms with Crippen molar-refractivity contribution in [2.24, 2.45) is 5.73 Å². The molecule has 0 unspecified atom stereocenters. The molecule has 0 spiro atoms. The third-order valence-corrected chi connectivity index (χ3v) is 7.60. The van der Waals surface area contributed by atoms with E-state index in [9.17, 15) is 0 Å². The third kappa shape index (κ3) is 4.75. The fraction of sp³-hybridized carbons (Fsp3) is 0.235. The van der Waals surface area contributed by atoms with Gasteiger partial charge in [0.2, 0.25) is 0 Å². The molecule has 6 rings (SSSR count). The highest BCUT2D eigenvalue weighted by Crippen LogP contribution is 2.44. The summed E-state index contributed by atoms with van der Waals surface area (Å²) < 4.78 is 11.1. The molecular formula is C34H34N4O2. The molecule has 40 heavy (non-hydrogen) atoms. The molecule has 0 fully saturated rings. The molecule has 0 radical (unpaired) electrons. The lowest BCUT2D eigenvalue weighted by Crippen LogP contribution is -2.20. The molecule has 0 aliphatic heterocycles. The summed E-state index contributed by atoms with van der Waals surface area (Å²) in [6, 6.07) is 29.2. The summed E-state index contributed by atoms with van der Waals surface area (Å²) in [5.74, 6) is 1.59. The van der Waals surface area contributed by atoms with E-state index < -0.39 is 0 Å². The highest BCUT2D eigenvalue weighted by Gasteiger charge is 2.22. The van der Waals surface area contributed by atoms with E-state index in [1.807, 2.05) is 36.4 Å². The van der Waals surface area contributed by atoms with Crippen LogP contribution in [0.3, 0.4) is 0 Å². The first-order chi connectivity index (χ1) is 19.7. The summed E-state index contributed by atoms with van der Waals surface area (Å²) in [6.07, 6.45) is 4.30. The van der Waals surface area contributed by atoms with Crippen molar-refractivity contribution in [1.29, 1.82) is 0 Å². The Morgan fingerprint density at radius 1 is 0.575 bits per heavy atom. The van der Waals surface area contributed by atoms with Crippen molar-refractivity contribution in [2.75, 3.05) is 32.2 Å². The van der Waals surface area contributed by atoms with E-state index in [-0.39, 0.29) is 0 Å². The highest BCUT2D eigenvalue weighted by molar-refractivity contribution is 6.15. The lowest BCUT2D eigenvalue weighted by molar-refractivity contribution is 0.415. The number of methoxy groups -OCH3 is 2. The van der Waals surface area contributed by atoms with Crippen molar-refractivity contribution in [3.63, 3.8) is 0 Å². The summed E-state index contributed by atoms with van der Waals surface area (Å²) in [5.41, 5.74) is 11.8. The maximum atomic E-state index is 5.80. The number of nitrogens with zero attached hydrogens (tertiary/aromatic N) is 3. The predicted molar refractivity (Wildman–Crippen MR) is 166 cm³/mol. The highest BCUT2D eigenvalue weighted by atomic mass is 16.5. The minimum absolute atomic E-state index is 0.729. The van der Waals surface area contributed by atoms with Crippen LogP contribution in [-0.4, -0.2) is 37.3 Å². The zero-order chi connectivity index (χ0) is 27.5. The molecule has 4 aromatic carbocycles. The number of hydrogen-bond acceptors (Lipinski definition) is 6. The van der Waals surface area contributed by atoms with Crippen LogP contribution in [-0.2, 0) is 0 Å². The van der Waals surface area contributed by atoms with Gasteiger partial charge in [0.05, 0.1) is 47.7 Å². The van der Waals surface area contributed by atoms with Crippen LogP contribution in [0, 0.1) is 0 Å². The lowest BCUT2D eigenvalue weighted by atomic mass is 10.0. The number of nitrogens with two attached hydrogens (primary N) is 1. The van der Waals surface area contributed by atoms with E-state index in [1.54, 1.807) is 14.2 Å². The minimum Gasteiger partial charge on any atom is -0.497 e. The SMILES string of the molecule is COc1ccc2c(N(CCCCCCN)c3c4ccccc4nc4cc(OC)ccc34)c3ccccc3nc2c1. The average Bonchev–Trinajstić information content (AvgIpc) is 3.00. The van der Waals surface area contributed by atoms with Crippen LogP contribution in [0.15, 0.2) is 84.9 Å². The molecule has 2 heterocycles. The Hall–Kier alpha value is -4.42. The molecule has 0 aliphatic carbocycles. The normalized spacial score (nSPS) is 11.5. The van der Waals surface area contributed by atoms with Crippen molar-refractivity contribution in [2.45, 2.75) is 25.7 Å². The second-order valence-corrected chi connectivity index (χ2v) is 10.1. The van der Waals surface area contributed by atoms with Crippen molar-refractivity contribution >= 4 is 55.0 Å². The van der Waals surface area contributed by atoms with Crippen LogP contribution in [0.2, 0.25) is 0 Å². The van der Waals surface area contributed by atoms with Gasteiger partial charge in [-0.05, 0) is 55.8 Å². The number of ether oxygens (including phenoxy) is 2. The van der Waals surface area contributed by atoms with Gasteiger partial charge < -0.3 is 20.1 Å². The molecule has 0 amide bonds. The fourth-order valence-corrected chi connectivity index (χ4v) is 5.64. The number of anilines is 2. The molecular weight excluding hydrogens is 496 g/mol. The number of benzene rings is 4. The van der Waals surface area contributed by atoms with Crippen LogP contribution in [0.25, 0.3) is 43.6 Å². The van der Waals surface area contributed by atoms with E-state index >= 15 is 0 Å². The van der Waals surface area contributed by atoms with Crippen LogP contribution in [0.4, 0.5) is 11.4 Å². The van der Waals surface area contributed by atoms with E-state index in [4.69, 9.17) is 25.2 Å². The summed E-state index contributed by atoms with van der Waals surface area (Å²) in [5, 5.41) is 4.40. The maximum Gasteiger partial charge on any atom is 0.121 e. The van der Waals surface area contributed by atoms with Gasteiger partial charge in [-0.1, -0.05) is 49.2 Å². The average molecular weight is 531 g/mol. The first kappa shape index (κ1) is 25.8. The fourth-order valence-electron chi connectivity index (χ4n) is 5.64. The maximum absolute atomic E-state index is 5.80. The Labute approximate surface area is 234 Å². The Morgan fingerprint density at radius 3 is 1.55 bits per heavy atom. The van der Waals surface area contributed by atoms with Gasteiger partial charge in [-0.15, -0.1) is 0 Å². The Bertz CT molecular complexity index is 1690. The van der Waals surface area contributed by atoms with Gasteiger partial charge >= 0.3 is 0 Å². The second-order valence-electron chi connectivity index (χ2n) is 10.1. The number of hydrogen-bond donors (Lipinski definition) is 1. The summed E-state index contributed by atoms with van der Waals surface area (Å²) in [6.45, 7) is 1.57. The quantitative estimate of drug-likeness (QED) is 0.144. The molecule has 6 aromatic rings. The monoisotopic (exact) mass is 530 g/mol. The largest absolute Gasteiger partial charge is 0.497 e. The Morgan fingerprint density at radius 2 is 1.05 bits per heavy atom. The molecule has 2 N–H and O–H groups in total. The van der Waals surface area contributed by atoms with Crippen molar-refractivity contribution < 1.29 is 9.47 Å². The van der Waals surface area contributed by atoms with E-state index in [0.717, 1.165) is 105 Å². The number of fused-ring (bicyclic) bond motifs is 4. The van der Waals surface area contributed by atoms with Gasteiger partial charge in [-0.3, -0.25) is 0 Å². The Kier molecular flexibility index (Phi) is 7.34. The molecule has 0 atom stereocenters. The standard InChI is InChI=1S/C34H34N4O2/c1-39-23-15-17-27-31(21-23)36-29-13-7-5-11-25(29)33(27)38(20-10-4-3-9-19-35)34-26-12-6-8-14-30(26)37-32-22-24(40-2)16-18-28(32)34/h5-8,11-18,21-22H,3-4,9-10,19-20,35H2,1-2H3. The van der Waals surface area contributed by atoms with Crippen LogP contribution >= 0.6 is 0 Å². The molecule has 0 saturated heterocycles. The zero-order valence-electron chi connectivity index (χ0n) is 23.1. The predicted octanol–water partition coefficient (Wildman–Crippen LogP) is 7.76. The number of aromatic nitrogens is 2. The van der Waals surface area contributed by atoms with E-state index in [0.29, 0.717) is 0 Å². The molecule has 0 saturated carbocycles. The zero-order valence-corrected chi connectivity index (χ0v) is 23.1. The van der Waals surface area contributed by atoms with Gasteiger partial charge in [0.25, 0.3) is 0 Å². The first-order valence-electron chi connectivity index (χ1n) is 13.9. The minimum atomic E-state index is 0.729. The topological polar surface area (TPSA) is 73.5 Å². The molecule has 6 heteroatoms. The van der Waals surface area contributed by atoms with Gasteiger partial charge in [0.15, 0.2) is 0 Å². The summed E-state index contributed by atoms with van der Waals surface area (Å²) in [4.78, 5) is 12.6. The van der Waals surface area contributed by atoms with Gasteiger partial charge in [-0.25, -0.2) is 9.97 Å². The molecule has 6 nitrogen and oxygen atoms in total. The van der Waals surface area contributed by atoms with Gasteiger partial charge in [-0.2, -0.15) is 0 Å². The van der Waals surface area contributed by atoms with Crippen LogP contribution in [0.1, 0.15) is 25.7 Å². The number of para-hydroxylation sites is 2. The molecule has 2 aromatic heterocycles. The van der Waals surface area contributed by atoms with Crippen molar-refractivity contribution in [3.8, 4) is 11.5 Å². The van der Waals surface area contributed by atoms with Gasteiger partial charge in [0, 0.05) is 40.2 Å². The van der Waals surface area contributed by atoms with Crippen molar-refractivity contribution in [1.82, 2.24) is 9.97 Å². The van der Waals surface area contributed by atoms with E-state index in [2.05, 4.69) is 53.4 Å². The summed E-state index contributed by atoms with van der Waals surface area (Å²) >= 11 is 0.